The second kappa shape index (κ2) is 7.35. The molecule has 0 saturated heterocycles. The molecular formula is C13H20N4O2. The summed E-state index contributed by atoms with van der Waals surface area (Å²) >= 11 is 0. The number of aryl methyl sites for hydroxylation is 1. The predicted octanol–water partition coefficient (Wildman–Crippen LogP) is 1.35. The monoisotopic (exact) mass is 264 g/mol. The molecule has 0 saturated carbocycles. The van der Waals surface area contributed by atoms with Gasteiger partial charge in [0, 0.05) is 12.7 Å². The number of carboxylic acid groups (broad SMARTS) is 1. The van der Waals surface area contributed by atoms with E-state index in [1.807, 2.05) is 0 Å². The number of rotatable bonds is 7. The van der Waals surface area contributed by atoms with Crippen LogP contribution in [0.3, 0.4) is 0 Å². The molecule has 0 atom stereocenters. The number of hydrogen-bond acceptors (Lipinski definition) is 4. The first kappa shape index (κ1) is 14.9. The Morgan fingerprint density at radius 1 is 1.47 bits per heavy atom. The van der Waals surface area contributed by atoms with E-state index < -0.39 is 5.97 Å². The predicted molar refractivity (Wildman–Crippen MR) is 74.2 cm³/mol. The highest BCUT2D eigenvalue weighted by Crippen LogP contribution is 2.11. The Balaban J connectivity index is 3.01. The van der Waals surface area contributed by atoms with Crippen LogP contribution in [-0.4, -0.2) is 28.9 Å². The maximum absolute atomic E-state index is 11.2. The van der Waals surface area contributed by atoms with E-state index in [9.17, 15) is 9.90 Å². The summed E-state index contributed by atoms with van der Waals surface area (Å²) in [6.07, 6.45) is 4.00. The van der Waals surface area contributed by atoms with E-state index in [1.54, 1.807) is 19.2 Å². The summed E-state index contributed by atoms with van der Waals surface area (Å²) in [5.41, 5.74) is 9.28. The Hall–Kier alpha value is -2.11. The number of hydrogen-bond donors (Lipinski definition) is 3. The average molecular weight is 264 g/mol. The normalized spacial score (nSPS) is 11.4. The van der Waals surface area contributed by atoms with Crippen molar-refractivity contribution in [3.8, 4) is 0 Å². The van der Waals surface area contributed by atoms with Gasteiger partial charge in [-0.1, -0.05) is 19.8 Å². The summed E-state index contributed by atoms with van der Waals surface area (Å²) in [7, 11) is 1.60. The number of carboxylic acids is 1. The van der Waals surface area contributed by atoms with Crippen LogP contribution in [0.25, 0.3) is 0 Å². The van der Waals surface area contributed by atoms with Gasteiger partial charge in [-0.05, 0) is 25.0 Å². The standard InChI is InChI=1S/C13H20N4O2/c1-3-4-5-6-9-7-8-10(12(14)17-15-2)11(16-9)13(18)19/h7-8,15H,3-6H2,1-2H3,(H2,14,17)(H,18,19). The van der Waals surface area contributed by atoms with Gasteiger partial charge in [0.05, 0.1) is 5.56 Å². The van der Waals surface area contributed by atoms with Crippen LogP contribution in [0.2, 0.25) is 0 Å². The zero-order valence-electron chi connectivity index (χ0n) is 11.3. The third-order valence-corrected chi connectivity index (χ3v) is 2.70. The Morgan fingerprint density at radius 3 is 2.79 bits per heavy atom. The molecule has 0 aliphatic carbocycles. The highest BCUT2D eigenvalue weighted by molar-refractivity contribution is 6.05. The number of aromatic carboxylic acids is 1. The molecule has 0 fully saturated rings. The van der Waals surface area contributed by atoms with Crippen molar-refractivity contribution in [3.63, 3.8) is 0 Å². The van der Waals surface area contributed by atoms with E-state index in [0.29, 0.717) is 5.56 Å². The lowest BCUT2D eigenvalue weighted by molar-refractivity contribution is 0.0690. The summed E-state index contributed by atoms with van der Waals surface area (Å²) in [4.78, 5) is 15.4. The molecule has 1 aromatic rings. The largest absolute Gasteiger partial charge is 0.476 e. The molecule has 0 spiro atoms. The number of nitrogens with two attached hydrogens (primary N) is 1. The molecule has 1 rings (SSSR count). The van der Waals surface area contributed by atoms with Crippen molar-refractivity contribution in [3.05, 3.63) is 29.1 Å². The van der Waals surface area contributed by atoms with Gasteiger partial charge in [-0.2, -0.15) is 5.10 Å². The molecule has 0 aromatic carbocycles. The lowest BCUT2D eigenvalue weighted by Crippen LogP contribution is -2.22. The van der Waals surface area contributed by atoms with Crippen LogP contribution in [0.4, 0.5) is 0 Å². The Bertz CT molecular complexity index is 472. The fraction of sp³-hybridized carbons (Fsp3) is 0.462. The molecule has 19 heavy (non-hydrogen) atoms. The minimum Gasteiger partial charge on any atom is -0.476 e. The van der Waals surface area contributed by atoms with E-state index in [2.05, 4.69) is 22.4 Å². The van der Waals surface area contributed by atoms with Gasteiger partial charge in [-0.15, -0.1) is 0 Å². The van der Waals surface area contributed by atoms with Crippen LogP contribution in [0.5, 0.6) is 0 Å². The number of nitrogens with zero attached hydrogens (tertiary/aromatic N) is 2. The Morgan fingerprint density at radius 2 is 2.21 bits per heavy atom. The summed E-state index contributed by atoms with van der Waals surface area (Å²) in [6, 6.07) is 3.46. The van der Waals surface area contributed by atoms with E-state index in [-0.39, 0.29) is 11.5 Å². The van der Waals surface area contributed by atoms with E-state index in [4.69, 9.17) is 5.73 Å². The van der Waals surface area contributed by atoms with Crippen LogP contribution in [0, 0.1) is 0 Å². The highest BCUT2D eigenvalue weighted by Gasteiger charge is 2.15. The van der Waals surface area contributed by atoms with E-state index >= 15 is 0 Å². The van der Waals surface area contributed by atoms with Crippen LogP contribution in [0.1, 0.15) is 47.9 Å². The number of hydrazone groups is 1. The minimum absolute atomic E-state index is 0.0505. The molecule has 1 heterocycles. The van der Waals surface area contributed by atoms with Gasteiger partial charge < -0.3 is 16.3 Å². The lowest BCUT2D eigenvalue weighted by Gasteiger charge is -2.07. The van der Waals surface area contributed by atoms with Gasteiger partial charge in [-0.3, -0.25) is 0 Å². The third kappa shape index (κ3) is 4.24. The molecule has 6 heteroatoms. The fourth-order valence-electron chi connectivity index (χ4n) is 1.75. The van der Waals surface area contributed by atoms with Crippen LogP contribution < -0.4 is 11.2 Å². The summed E-state index contributed by atoms with van der Waals surface area (Å²) < 4.78 is 0. The molecule has 0 unspecified atom stereocenters. The van der Waals surface area contributed by atoms with Crippen molar-refractivity contribution in [1.82, 2.24) is 10.4 Å². The molecule has 0 bridgehead atoms. The number of pyridine rings is 1. The number of aromatic nitrogens is 1. The number of unbranched alkanes of at least 4 members (excludes halogenated alkanes) is 2. The number of amidine groups is 1. The molecule has 0 aliphatic rings. The SMILES string of the molecule is CCCCCc1ccc(C(N)=NNC)c(C(=O)O)n1. The zero-order chi connectivity index (χ0) is 14.3. The Labute approximate surface area is 112 Å². The Kier molecular flexibility index (Phi) is 5.78. The van der Waals surface area contributed by atoms with Gasteiger partial charge in [0.2, 0.25) is 0 Å². The maximum atomic E-state index is 11.2. The molecule has 0 aliphatic heterocycles. The van der Waals surface area contributed by atoms with E-state index in [1.165, 1.54) is 0 Å². The molecular weight excluding hydrogens is 244 g/mol. The van der Waals surface area contributed by atoms with Gasteiger partial charge in [0.1, 0.15) is 0 Å². The van der Waals surface area contributed by atoms with Gasteiger partial charge in [0.15, 0.2) is 11.5 Å². The summed E-state index contributed by atoms with van der Waals surface area (Å²) in [6.45, 7) is 2.12. The second-order valence-corrected chi connectivity index (χ2v) is 4.18. The maximum Gasteiger partial charge on any atom is 0.355 e. The van der Waals surface area contributed by atoms with Crippen molar-refractivity contribution < 1.29 is 9.90 Å². The third-order valence-electron chi connectivity index (χ3n) is 2.70. The van der Waals surface area contributed by atoms with Crippen molar-refractivity contribution in [2.75, 3.05) is 7.05 Å². The first-order valence-corrected chi connectivity index (χ1v) is 6.33. The van der Waals surface area contributed by atoms with Gasteiger partial charge >= 0.3 is 5.97 Å². The lowest BCUT2D eigenvalue weighted by atomic mass is 10.1. The quantitative estimate of drug-likeness (QED) is 0.299. The fourth-order valence-corrected chi connectivity index (χ4v) is 1.75. The molecule has 6 nitrogen and oxygen atoms in total. The van der Waals surface area contributed by atoms with Gasteiger partial charge in [0.25, 0.3) is 0 Å². The van der Waals surface area contributed by atoms with Crippen molar-refractivity contribution in [1.29, 1.82) is 0 Å². The van der Waals surface area contributed by atoms with Crippen LogP contribution >= 0.6 is 0 Å². The number of nitrogens with one attached hydrogen (secondary N) is 1. The molecule has 1 aromatic heterocycles. The van der Waals surface area contributed by atoms with Crippen LogP contribution in [-0.2, 0) is 6.42 Å². The summed E-state index contributed by atoms with van der Waals surface area (Å²) in [5.74, 6) is -0.978. The molecule has 0 radical (unpaired) electrons. The topological polar surface area (TPSA) is 101 Å². The van der Waals surface area contributed by atoms with Crippen molar-refractivity contribution in [2.45, 2.75) is 32.6 Å². The zero-order valence-corrected chi connectivity index (χ0v) is 11.3. The summed E-state index contributed by atoms with van der Waals surface area (Å²) in [5, 5.41) is 13.0. The van der Waals surface area contributed by atoms with Crippen LogP contribution in [0.15, 0.2) is 17.2 Å². The van der Waals surface area contributed by atoms with E-state index in [0.717, 1.165) is 31.4 Å². The van der Waals surface area contributed by atoms with Crippen molar-refractivity contribution >= 4 is 11.8 Å². The van der Waals surface area contributed by atoms with Gasteiger partial charge in [-0.25, -0.2) is 9.78 Å². The number of carbonyl (C=O) groups is 1. The minimum atomic E-state index is -1.10. The second-order valence-electron chi connectivity index (χ2n) is 4.18. The smallest absolute Gasteiger partial charge is 0.355 e. The molecule has 104 valence electrons. The molecule has 0 amide bonds. The molecule has 4 N–H and O–H groups in total. The first-order valence-electron chi connectivity index (χ1n) is 6.33. The highest BCUT2D eigenvalue weighted by atomic mass is 16.4. The van der Waals surface area contributed by atoms with Crippen molar-refractivity contribution in [2.24, 2.45) is 10.8 Å². The first-order chi connectivity index (χ1) is 9.10. The average Bonchev–Trinajstić information content (AvgIpc) is 2.39.